The number of nitrogens with zero attached hydrogens (tertiary/aromatic N) is 3. The van der Waals surface area contributed by atoms with Gasteiger partial charge in [-0.2, -0.15) is 0 Å². The van der Waals surface area contributed by atoms with Crippen LogP contribution in [0.5, 0.6) is 0 Å². The van der Waals surface area contributed by atoms with Crippen molar-refractivity contribution in [2.75, 3.05) is 67.2 Å². The number of amides is 1. The molecule has 0 aromatic heterocycles. The predicted molar refractivity (Wildman–Crippen MR) is 120 cm³/mol. The number of likely N-dealkylation sites (tertiary alicyclic amines) is 1. The Kier molecular flexibility index (Phi) is 13.0. The van der Waals surface area contributed by atoms with Crippen LogP contribution in [-0.4, -0.2) is 101 Å². The molecule has 8 nitrogen and oxygen atoms in total. The van der Waals surface area contributed by atoms with Crippen LogP contribution >= 0.6 is 24.0 Å². The van der Waals surface area contributed by atoms with Gasteiger partial charge in [0.25, 0.3) is 0 Å². The van der Waals surface area contributed by atoms with Crippen molar-refractivity contribution in [3.63, 3.8) is 0 Å². The van der Waals surface area contributed by atoms with Crippen LogP contribution in [0.25, 0.3) is 0 Å². The predicted octanol–water partition coefficient (Wildman–Crippen LogP) is 1.33. The molecule has 1 N–H and O–H groups in total. The fourth-order valence-electron chi connectivity index (χ4n) is 3.25. The summed E-state index contributed by atoms with van der Waals surface area (Å²) in [5.74, 6) is 0.807. The van der Waals surface area contributed by atoms with Crippen LogP contribution < -0.4 is 5.32 Å². The first-order chi connectivity index (χ1) is 13.1. The number of hydrogen-bond donors (Lipinski definition) is 1. The monoisotopic (exact) mass is 512 g/mol. The molecule has 0 saturated carbocycles. The minimum Gasteiger partial charge on any atom is -0.385 e. The first-order valence-electron chi connectivity index (χ1n) is 10.1. The van der Waals surface area contributed by atoms with E-state index in [4.69, 9.17) is 14.2 Å². The summed E-state index contributed by atoms with van der Waals surface area (Å²) in [5.41, 5.74) is 0. The lowest BCUT2D eigenvalue weighted by Gasteiger charge is -2.34. The minimum atomic E-state index is 0. The molecule has 2 heterocycles. The molecule has 1 atom stereocenters. The maximum absolute atomic E-state index is 11.9. The van der Waals surface area contributed by atoms with Crippen LogP contribution in [0.3, 0.4) is 0 Å². The van der Waals surface area contributed by atoms with Crippen LogP contribution in [0.4, 0.5) is 0 Å². The van der Waals surface area contributed by atoms with E-state index in [1.54, 1.807) is 26.1 Å². The number of carbonyl (C=O) groups is 1. The molecular formula is C19H37IN4O4. The molecule has 164 valence electrons. The fraction of sp³-hybridized carbons (Fsp3) is 0.895. The topological polar surface area (TPSA) is 75.6 Å². The van der Waals surface area contributed by atoms with Crippen molar-refractivity contribution < 1.29 is 19.0 Å². The summed E-state index contributed by atoms with van der Waals surface area (Å²) < 4.78 is 16.7. The SMILES string of the molecule is COCCCOC1CCN(C(=NCC(=O)N(C)C)NCC2CCCO2)CC1.I. The second-order valence-electron chi connectivity index (χ2n) is 7.35. The number of ether oxygens (including phenoxy) is 3. The quantitative estimate of drug-likeness (QED) is 0.218. The van der Waals surface area contributed by atoms with E-state index in [0.717, 1.165) is 77.5 Å². The van der Waals surface area contributed by atoms with E-state index in [-0.39, 0.29) is 42.5 Å². The largest absolute Gasteiger partial charge is 0.385 e. The third-order valence-electron chi connectivity index (χ3n) is 4.96. The number of carbonyl (C=O) groups excluding carboxylic acids is 1. The molecule has 9 heteroatoms. The van der Waals surface area contributed by atoms with Crippen molar-refractivity contribution in [1.82, 2.24) is 15.1 Å². The lowest BCUT2D eigenvalue weighted by molar-refractivity contribution is -0.127. The maximum Gasteiger partial charge on any atom is 0.243 e. The van der Waals surface area contributed by atoms with E-state index >= 15 is 0 Å². The molecule has 2 rings (SSSR count). The molecular weight excluding hydrogens is 475 g/mol. The number of aliphatic imine (C=N–C) groups is 1. The van der Waals surface area contributed by atoms with Gasteiger partial charge in [-0.15, -0.1) is 24.0 Å². The van der Waals surface area contributed by atoms with Gasteiger partial charge >= 0.3 is 0 Å². The third-order valence-corrected chi connectivity index (χ3v) is 4.96. The maximum atomic E-state index is 11.9. The van der Waals surface area contributed by atoms with Crippen molar-refractivity contribution in [1.29, 1.82) is 0 Å². The Bertz CT molecular complexity index is 465. The van der Waals surface area contributed by atoms with Gasteiger partial charge < -0.3 is 29.3 Å². The van der Waals surface area contributed by atoms with E-state index in [9.17, 15) is 4.79 Å². The van der Waals surface area contributed by atoms with E-state index in [1.165, 1.54) is 0 Å². The van der Waals surface area contributed by atoms with Gasteiger partial charge in [-0.05, 0) is 32.1 Å². The molecule has 0 aliphatic carbocycles. The van der Waals surface area contributed by atoms with Crippen LogP contribution in [-0.2, 0) is 19.0 Å². The molecule has 2 fully saturated rings. The van der Waals surface area contributed by atoms with Gasteiger partial charge in [-0.1, -0.05) is 0 Å². The highest BCUT2D eigenvalue weighted by molar-refractivity contribution is 14.0. The van der Waals surface area contributed by atoms with Crippen molar-refractivity contribution in [3.05, 3.63) is 0 Å². The van der Waals surface area contributed by atoms with Gasteiger partial charge in [0.15, 0.2) is 5.96 Å². The summed E-state index contributed by atoms with van der Waals surface area (Å²) in [6, 6.07) is 0. The van der Waals surface area contributed by atoms with E-state index in [1.807, 2.05) is 0 Å². The highest BCUT2D eigenvalue weighted by Crippen LogP contribution is 2.15. The van der Waals surface area contributed by atoms with Gasteiger partial charge in [-0.25, -0.2) is 4.99 Å². The lowest BCUT2D eigenvalue weighted by atomic mass is 10.1. The fourth-order valence-corrected chi connectivity index (χ4v) is 3.25. The zero-order valence-electron chi connectivity index (χ0n) is 17.5. The van der Waals surface area contributed by atoms with Gasteiger partial charge in [0.05, 0.1) is 12.2 Å². The van der Waals surface area contributed by atoms with E-state index in [2.05, 4.69) is 15.2 Å². The Morgan fingerprint density at radius 2 is 2.00 bits per heavy atom. The van der Waals surface area contributed by atoms with Gasteiger partial charge in [0.1, 0.15) is 6.54 Å². The summed E-state index contributed by atoms with van der Waals surface area (Å²) >= 11 is 0. The summed E-state index contributed by atoms with van der Waals surface area (Å²) in [5, 5.41) is 3.42. The Hall–Kier alpha value is -0.650. The first kappa shape index (κ1) is 25.4. The summed E-state index contributed by atoms with van der Waals surface area (Å²) in [4.78, 5) is 20.3. The molecule has 0 spiro atoms. The summed E-state index contributed by atoms with van der Waals surface area (Å²) in [6.07, 6.45) is 5.59. The van der Waals surface area contributed by atoms with Crippen LogP contribution in [0.15, 0.2) is 4.99 Å². The van der Waals surface area contributed by atoms with E-state index in [0.29, 0.717) is 6.10 Å². The van der Waals surface area contributed by atoms with Crippen molar-refractivity contribution in [2.45, 2.75) is 44.3 Å². The Balaban J connectivity index is 0.00000392. The number of piperidine rings is 1. The number of nitrogens with one attached hydrogen (secondary N) is 1. The number of hydrogen-bond acceptors (Lipinski definition) is 5. The molecule has 0 radical (unpaired) electrons. The van der Waals surface area contributed by atoms with Crippen molar-refractivity contribution in [2.24, 2.45) is 4.99 Å². The van der Waals surface area contributed by atoms with Crippen molar-refractivity contribution >= 4 is 35.8 Å². The number of methoxy groups -OCH3 is 1. The minimum absolute atomic E-state index is 0. The number of guanidine groups is 1. The molecule has 2 saturated heterocycles. The van der Waals surface area contributed by atoms with Crippen molar-refractivity contribution in [3.8, 4) is 0 Å². The van der Waals surface area contributed by atoms with Crippen LogP contribution in [0, 0.1) is 0 Å². The van der Waals surface area contributed by atoms with Crippen LogP contribution in [0.1, 0.15) is 32.1 Å². The molecule has 0 bridgehead atoms. The Morgan fingerprint density at radius 1 is 1.25 bits per heavy atom. The standard InChI is InChI=1S/C19H36N4O4.HI/c1-22(2)18(24)15-21-19(20-14-17-6-4-12-27-17)23-9-7-16(8-10-23)26-13-5-11-25-3;/h16-17H,4-15H2,1-3H3,(H,20,21);1H. The molecule has 0 aromatic rings. The van der Waals surface area contributed by atoms with Gasteiger partial charge in [0.2, 0.25) is 5.91 Å². The molecule has 28 heavy (non-hydrogen) atoms. The molecule has 0 aromatic carbocycles. The lowest BCUT2D eigenvalue weighted by Crippen LogP contribution is -2.49. The second kappa shape index (κ2) is 14.4. The molecule has 1 amide bonds. The van der Waals surface area contributed by atoms with Gasteiger partial charge in [0, 0.05) is 60.7 Å². The average molecular weight is 512 g/mol. The van der Waals surface area contributed by atoms with E-state index < -0.39 is 0 Å². The number of likely N-dealkylation sites (N-methyl/N-ethyl adjacent to an activating group) is 1. The van der Waals surface area contributed by atoms with Gasteiger partial charge in [-0.3, -0.25) is 4.79 Å². The molecule has 1 unspecified atom stereocenters. The summed E-state index contributed by atoms with van der Waals surface area (Å²) in [6.45, 7) is 4.97. The third kappa shape index (κ3) is 9.23. The highest BCUT2D eigenvalue weighted by Gasteiger charge is 2.23. The number of rotatable bonds is 9. The Labute approximate surface area is 186 Å². The normalized spacial score (nSPS) is 20.8. The number of halogens is 1. The summed E-state index contributed by atoms with van der Waals surface area (Å²) in [7, 11) is 5.22. The zero-order valence-corrected chi connectivity index (χ0v) is 19.9. The zero-order chi connectivity index (χ0) is 19.5. The van der Waals surface area contributed by atoms with Crippen LogP contribution in [0.2, 0.25) is 0 Å². The molecule has 2 aliphatic heterocycles. The molecule has 2 aliphatic rings. The average Bonchev–Trinajstić information content (AvgIpc) is 3.19. The smallest absolute Gasteiger partial charge is 0.243 e. The highest BCUT2D eigenvalue weighted by atomic mass is 127. The first-order valence-corrected chi connectivity index (χ1v) is 10.1. The second-order valence-corrected chi connectivity index (χ2v) is 7.35. The Morgan fingerprint density at radius 3 is 2.61 bits per heavy atom.